The lowest BCUT2D eigenvalue weighted by molar-refractivity contribution is 0.412. The molecule has 2 rings (SSSR count). The second kappa shape index (κ2) is 6.92. The molecule has 0 fully saturated rings. The van der Waals surface area contributed by atoms with Crippen molar-refractivity contribution < 1.29 is 9.09 Å². The molecule has 0 amide bonds. The van der Waals surface area contributed by atoms with Crippen molar-refractivity contribution in [3.8, 4) is 0 Å². The SMILES string of the molecule is COP(=O)(c1ccccc1)c1ccccc1C(C)C.[B]. The first-order valence-electron chi connectivity index (χ1n) is 6.40. The van der Waals surface area contributed by atoms with Crippen molar-refractivity contribution in [2.45, 2.75) is 19.8 Å². The fraction of sp³-hybridized carbons (Fsp3) is 0.250. The van der Waals surface area contributed by atoms with Crippen molar-refractivity contribution in [1.82, 2.24) is 0 Å². The molecule has 20 heavy (non-hydrogen) atoms. The highest BCUT2D eigenvalue weighted by atomic mass is 31.2. The van der Waals surface area contributed by atoms with Crippen molar-refractivity contribution in [2.24, 2.45) is 0 Å². The normalized spacial score (nSPS) is 13.6. The third-order valence-corrected chi connectivity index (χ3v) is 5.76. The maximum absolute atomic E-state index is 13.3. The molecule has 0 N–H and O–H groups in total. The summed E-state index contributed by atoms with van der Waals surface area (Å²) in [4.78, 5) is 0. The Balaban J connectivity index is 0.00000200. The monoisotopic (exact) mass is 285 g/mol. The molecule has 0 heterocycles. The molecule has 2 nitrogen and oxygen atoms in total. The Morgan fingerprint density at radius 1 is 0.950 bits per heavy atom. The van der Waals surface area contributed by atoms with E-state index in [1.165, 1.54) is 7.11 Å². The standard InChI is InChI=1S/C16H19O2P.B/c1-13(2)15-11-7-8-12-16(15)19(17,18-3)14-9-5-4-6-10-14;/h4-13H,1-3H3;. The van der Waals surface area contributed by atoms with E-state index in [9.17, 15) is 4.57 Å². The molecule has 1 unspecified atom stereocenters. The highest BCUT2D eigenvalue weighted by Gasteiger charge is 2.29. The van der Waals surface area contributed by atoms with Crippen LogP contribution in [0.2, 0.25) is 0 Å². The fourth-order valence-electron chi connectivity index (χ4n) is 2.21. The minimum atomic E-state index is -3.00. The number of hydrogen-bond acceptors (Lipinski definition) is 2. The van der Waals surface area contributed by atoms with E-state index in [2.05, 4.69) is 13.8 Å². The van der Waals surface area contributed by atoms with Crippen LogP contribution in [0.3, 0.4) is 0 Å². The third-order valence-electron chi connectivity index (χ3n) is 3.23. The van der Waals surface area contributed by atoms with Crippen molar-refractivity contribution in [1.29, 1.82) is 0 Å². The van der Waals surface area contributed by atoms with Gasteiger partial charge in [-0.05, 0) is 29.7 Å². The Morgan fingerprint density at radius 2 is 1.50 bits per heavy atom. The van der Waals surface area contributed by atoms with Gasteiger partial charge in [0.2, 0.25) is 0 Å². The molecule has 0 aromatic heterocycles. The van der Waals surface area contributed by atoms with Gasteiger partial charge >= 0.3 is 0 Å². The van der Waals surface area contributed by atoms with Crippen LogP contribution in [-0.4, -0.2) is 15.5 Å². The summed E-state index contributed by atoms with van der Waals surface area (Å²) in [5.74, 6) is 0.309. The van der Waals surface area contributed by atoms with E-state index >= 15 is 0 Å². The summed E-state index contributed by atoms with van der Waals surface area (Å²) in [6.45, 7) is 4.20. The van der Waals surface area contributed by atoms with Gasteiger partial charge in [0.05, 0.1) is 0 Å². The Hall–Kier alpha value is -1.31. The fourth-order valence-corrected chi connectivity index (χ4v) is 4.42. The lowest BCUT2D eigenvalue weighted by Gasteiger charge is -2.21. The van der Waals surface area contributed by atoms with E-state index in [0.29, 0.717) is 5.92 Å². The molecular weight excluding hydrogens is 266 g/mol. The van der Waals surface area contributed by atoms with Crippen molar-refractivity contribution in [3.63, 3.8) is 0 Å². The lowest BCUT2D eigenvalue weighted by Crippen LogP contribution is -2.21. The zero-order chi connectivity index (χ0) is 13.9. The molecule has 0 spiro atoms. The van der Waals surface area contributed by atoms with Gasteiger partial charge in [0.1, 0.15) is 0 Å². The molecule has 3 radical (unpaired) electrons. The van der Waals surface area contributed by atoms with Gasteiger partial charge in [0, 0.05) is 26.1 Å². The van der Waals surface area contributed by atoms with Crippen LogP contribution in [0.1, 0.15) is 25.3 Å². The second-order valence-electron chi connectivity index (χ2n) is 4.78. The zero-order valence-electron chi connectivity index (χ0n) is 12.1. The van der Waals surface area contributed by atoms with E-state index in [1.54, 1.807) is 0 Å². The topological polar surface area (TPSA) is 26.3 Å². The Bertz CT molecular complexity index is 596. The average Bonchev–Trinajstić information content (AvgIpc) is 2.47. The molecule has 0 saturated heterocycles. The lowest BCUT2D eigenvalue weighted by atomic mass is 10.0. The third kappa shape index (κ3) is 3.05. The highest BCUT2D eigenvalue weighted by Crippen LogP contribution is 2.45. The van der Waals surface area contributed by atoms with Gasteiger partial charge in [-0.1, -0.05) is 50.2 Å². The first-order valence-corrected chi connectivity index (χ1v) is 8.03. The molecule has 2 aromatic carbocycles. The smallest absolute Gasteiger partial charge is 0.261 e. The summed E-state index contributed by atoms with van der Waals surface area (Å²) < 4.78 is 18.7. The minimum Gasteiger partial charge on any atom is -0.325 e. The predicted molar refractivity (Wildman–Crippen MR) is 86.6 cm³/mol. The molecule has 103 valence electrons. The predicted octanol–water partition coefficient (Wildman–Crippen LogP) is 3.30. The van der Waals surface area contributed by atoms with Crippen LogP contribution in [0.5, 0.6) is 0 Å². The summed E-state index contributed by atoms with van der Waals surface area (Å²) in [6, 6.07) is 17.2. The zero-order valence-corrected chi connectivity index (χ0v) is 13.0. The molecule has 0 saturated carbocycles. The van der Waals surface area contributed by atoms with Crippen LogP contribution in [0.4, 0.5) is 0 Å². The summed E-state index contributed by atoms with van der Waals surface area (Å²) in [5.41, 5.74) is 1.08. The molecular formula is C16H19BO2P. The number of hydrogen-bond donors (Lipinski definition) is 0. The second-order valence-corrected chi connectivity index (χ2v) is 7.25. The average molecular weight is 285 g/mol. The number of rotatable bonds is 4. The first-order chi connectivity index (χ1) is 9.09. The highest BCUT2D eigenvalue weighted by molar-refractivity contribution is 7.74. The van der Waals surface area contributed by atoms with Gasteiger partial charge in [-0.15, -0.1) is 0 Å². The molecule has 1 atom stereocenters. The van der Waals surface area contributed by atoms with Gasteiger partial charge in [-0.2, -0.15) is 0 Å². The first kappa shape index (κ1) is 16.7. The van der Waals surface area contributed by atoms with Gasteiger partial charge in [-0.3, -0.25) is 4.57 Å². The van der Waals surface area contributed by atoms with E-state index in [-0.39, 0.29) is 8.41 Å². The summed E-state index contributed by atoms with van der Waals surface area (Å²) in [5, 5.41) is 1.55. The van der Waals surface area contributed by atoms with Crippen LogP contribution in [0, 0.1) is 0 Å². The molecule has 0 aliphatic heterocycles. The van der Waals surface area contributed by atoms with Crippen LogP contribution in [0.15, 0.2) is 54.6 Å². The van der Waals surface area contributed by atoms with Gasteiger partial charge in [0.25, 0.3) is 7.37 Å². The van der Waals surface area contributed by atoms with Crippen LogP contribution >= 0.6 is 7.37 Å². The maximum Gasteiger partial charge on any atom is 0.261 e. The van der Waals surface area contributed by atoms with E-state index in [0.717, 1.165) is 16.2 Å². The largest absolute Gasteiger partial charge is 0.325 e. The van der Waals surface area contributed by atoms with Crippen molar-refractivity contribution >= 4 is 26.4 Å². The molecule has 2 aromatic rings. The summed E-state index contributed by atoms with van der Waals surface area (Å²) in [6.07, 6.45) is 0. The Morgan fingerprint density at radius 3 is 2.05 bits per heavy atom. The summed E-state index contributed by atoms with van der Waals surface area (Å²) in [7, 11) is -1.48. The Kier molecular flexibility index (Phi) is 5.80. The molecule has 0 aliphatic rings. The molecule has 0 bridgehead atoms. The van der Waals surface area contributed by atoms with Gasteiger partial charge < -0.3 is 4.52 Å². The maximum atomic E-state index is 13.3. The van der Waals surface area contributed by atoms with Crippen LogP contribution in [0.25, 0.3) is 0 Å². The molecule has 0 aliphatic carbocycles. The summed E-state index contributed by atoms with van der Waals surface area (Å²) >= 11 is 0. The van der Waals surface area contributed by atoms with E-state index < -0.39 is 7.37 Å². The van der Waals surface area contributed by atoms with Gasteiger partial charge in [0.15, 0.2) is 0 Å². The van der Waals surface area contributed by atoms with Crippen molar-refractivity contribution in [2.75, 3.05) is 7.11 Å². The van der Waals surface area contributed by atoms with E-state index in [4.69, 9.17) is 4.52 Å². The number of benzene rings is 2. The van der Waals surface area contributed by atoms with Crippen LogP contribution < -0.4 is 10.6 Å². The van der Waals surface area contributed by atoms with Gasteiger partial charge in [-0.25, -0.2) is 0 Å². The Labute approximate surface area is 123 Å². The van der Waals surface area contributed by atoms with Crippen LogP contribution in [-0.2, 0) is 9.09 Å². The van der Waals surface area contributed by atoms with E-state index in [1.807, 2.05) is 54.6 Å². The van der Waals surface area contributed by atoms with Crippen molar-refractivity contribution in [3.05, 3.63) is 60.2 Å². The molecule has 4 heteroatoms. The minimum absolute atomic E-state index is 0. The quantitative estimate of drug-likeness (QED) is 0.636.